The molecule has 0 aliphatic heterocycles. The van der Waals surface area contributed by atoms with E-state index in [2.05, 4.69) is 98.6 Å². The highest BCUT2D eigenvalue weighted by atomic mass is 28.3. The largest absolute Gasteiger partial charge is 0.103 e. The molecule has 0 bridgehead atoms. The molecule has 0 aliphatic rings. The maximum atomic E-state index is 2.51. The van der Waals surface area contributed by atoms with Crippen molar-refractivity contribution in [3.8, 4) is 0 Å². The number of rotatable bonds is 5. The predicted molar refractivity (Wildman–Crippen MR) is 101 cm³/mol. The Balaban J connectivity index is 2.08. The lowest BCUT2D eigenvalue weighted by Gasteiger charge is -2.23. The van der Waals surface area contributed by atoms with Gasteiger partial charge in [-0.2, -0.15) is 0 Å². The molecule has 2 heteroatoms. The Bertz CT molecular complexity index is 583. The fourth-order valence-electron chi connectivity index (χ4n) is 2.62. The molecule has 0 saturated carbocycles. The SMILES string of the molecule is C[Si](C)(/C=C\C[Si](C)(C)c1ccccc1)c1ccccc1. The molecule has 21 heavy (non-hydrogen) atoms. The molecular formula is C19H26Si2. The van der Waals surface area contributed by atoms with E-state index in [1.54, 1.807) is 5.19 Å². The van der Waals surface area contributed by atoms with Gasteiger partial charge in [0.25, 0.3) is 0 Å². The highest BCUT2D eigenvalue weighted by Gasteiger charge is 2.23. The number of benzene rings is 2. The summed E-state index contributed by atoms with van der Waals surface area (Å²) in [5.41, 5.74) is 2.51. The van der Waals surface area contributed by atoms with Crippen LogP contribution in [-0.4, -0.2) is 16.1 Å². The Morgan fingerprint density at radius 1 is 0.714 bits per heavy atom. The van der Waals surface area contributed by atoms with Gasteiger partial charge in [-0.25, -0.2) is 0 Å². The van der Waals surface area contributed by atoms with Gasteiger partial charge in [0, 0.05) is 0 Å². The van der Waals surface area contributed by atoms with Gasteiger partial charge in [0.15, 0.2) is 0 Å². The molecule has 0 unspecified atom stereocenters. The highest BCUT2D eigenvalue weighted by molar-refractivity contribution is 6.94. The van der Waals surface area contributed by atoms with Gasteiger partial charge in [-0.1, -0.05) is 109 Å². The maximum Gasteiger partial charge on any atom is 0.103 e. The van der Waals surface area contributed by atoms with E-state index < -0.39 is 16.1 Å². The van der Waals surface area contributed by atoms with Crippen LogP contribution in [0.15, 0.2) is 72.4 Å². The van der Waals surface area contributed by atoms with Crippen LogP contribution < -0.4 is 10.4 Å². The predicted octanol–water partition coefficient (Wildman–Crippen LogP) is 4.31. The van der Waals surface area contributed by atoms with Gasteiger partial charge in [-0.3, -0.25) is 0 Å². The smallest absolute Gasteiger partial charge is 0.0946 e. The average molecular weight is 311 g/mol. The van der Waals surface area contributed by atoms with Crippen molar-refractivity contribution in [2.24, 2.45) is 0 Å². The summed E-state index contributed by atoms with van der Waals surface area (Å²) in [7, 11) is -2.78. The summed E-state index contributed by atoms with van der Waals surface area (Å²) in [6.45, 7) is 9.78. The second kappa shape index (κ2) is 6.58. The van der Waals surface area contributed by atoms with Crippen molar-refractivity contribution >= 4 is 26.5 Å². The summed E-state index contributed by atoms with van der Waals surface area (Å²) < 4.78 is 0. The second-order valence-electron chi connectivity index (χ2n) is 6.94. The van der Waals surface area contributed by atoms with Gasteiger partial charge >= 0.3 is 0 Å². The van der Waals surface area contributed by atoms with Gasteiger partial charge in [0.1, 0.15) is 8.07 Å². The molecule has 0 heterocycles. The monoisotopic (exact) mass is 310 g/mol. The number of allylic oxidation sites excluding steroid dienone is 1. The molecule has 0 atom stereocenters. The number of hydrogen-bond acceptors (Lipinski definition) is 0. The minimum atomic E-state index is -1.44. The Morgan fingerprint density at radius 2 is 1.19 bits per heavy atom. The standard InChI is InChI=1S/C19H26Si2/c1-20(2,18-12-7-5-8-13-18)16-11-17-21(3,4)19-14-9-6-10-15-19/h5-16H,17H2,1-4H3/b16-11-. The fourth-order valence-corrected chi connectivity index (χ4v) is 6.84. The molecule has 0 nitrogen and oxygen atoms in total. The minimum Gasteiger partial charge on any atom is -0.0946 e. The zero-order chi connectivity index (χ0) is 15.3. The summed E-state index contributed by atoms with van der Waals surface area (Å²) in [6, 6.07) is 23.2. The van der Waals surface area contributed by atoms with Crippen LogP contribution in [0.25, 0.3) is 0 Å². The van der Waals surface area contributed by atoms with Crippen LogP contribution in [0.2, 0.25) is 32.2 Å². The zero-order valence-electron chi connectivity index (χ0n) is 13.6. The molecule has 2 aromatic carbocycles. The van der Waals surface area contributed by atoms with Gasteiger partial charge in [0.05, 0.1) is 8.07 Å². The minimum absolute atomic E-state index is 1.22. The lowest BCUT2D eigenvalue weighted by molar-refractivity contribution is 1.53. The molecular weight excluding hydrogens is 284 g/mol. The quantitative estimate of drug-likeness (QED) is 0.722. The van der Waals surface area contributed by atoms with E-state index in [1.807, 2.05) is 0 Å². The summed E-state index contributed by atoms with van der Waals surface area (Å²) in [5, 5.41) is 3.06. The molecule has 0 N–H and O–H groups in total. The van der Waals surface area contributed by atoms with Crippen molar-refractivity contribution in [3.63, 3.8) is 0 Å². The van der Waals surface area contributed by atoms with E-state index in [0.29, 0.717) is 0 Å². The summed E-state index contributed by atoms with van der Waals surface area (Å²) in [5.74, 6) is 0. The van der Waals surface area contributed by atoms with Gasteiger partial charge in [0.2, 0.25) is 0 Å². The van der Waals surface area contributed by atoms with Crippen LogP contribution in [-0.2, 0) is 0 Å². The van der Waals surface area contributed by atoms with Gasteiger partial charge < -0.3 is 0 Å². The third kappa shape index (κ3) is 4.29. The Hall–Kier alpha value is -1.39. The lowest BCUT2D eigenvalue weighted by Crippen LogP contribution is -2.41. The van der Waals surface area contributed by atoms with E-state index in [4.69, 9.17) is 0 Å². The molecule has 0 fully saturated rings. The third-order valence-electron chi connectivity index (χ3n) is 4.24. The molecule has 2 rings (SSSR count). The van der Waals surface area contributed by atoms with Crippen molar-refractivity contribution in [1.29, 1.82) is 0 Å². The van der Waals surface area contributed by atoms with E-state index in [1.165, 1.54) is 11.2 Å². The molecule has 110 valence electrons. The third-order valence-corrected chi connectivity index (χ3v) is 10.3. The van der Waals surface area contributed by atoms with Crippen molar-refractivity contribution in [2.75, 3.05) is 0 Å². The summed E-state index contributed by atoms with van der Waals surface area (Å²) >= 11 is 0. The molecule has 0 spiro atoms. The van der Waals surface area contributed by atoms with Crippen LogP contribution in [0.5, 0.6) is 0 Å². The molecule has 0 saturated heterocycles. The maximum absolute atomic E-state index is 2.51. The van der Waals surface area contributed by atoms with Crippen molar-refractivity contribution in [3.05, 3.63) is 72.4 Å². The Kier molecular flexibility index (Phi) is 5.01. The van der Waals surface area contributed by atoms with Crippen molar-refractivity contribution in [2.45, 2.75) is 32.2 Å². The van der Waals surface area contributed by atoms with Crippen LogP contribution in [0, 0.1) is 0 Å². The first-order chi connectivity index (χ1) is 9.92. The molecule has 0 aromatic heterocycles. The second-order valence-corrected chi connectivity index (χ2v) is 16.1. The highest BCUT2D eigenvalue weighted by Crippen LogP contribution is 2.13. The first-order valence-electron chi connectivity index (χ1n) is 7.71. The molecule has 0 aliphatic carbocycles. The van der Waals surface area contributed by atoms with Crippen LogP contribution in [0.3, 0.4) is 0 Å². The van der Waals surface area contributed by atoms with Crippen molar-refractivity contribution in [1.82, 2.24) is 0 Å². The molecule has 2 aromatic rings. The van der Waals surface area contributed by atoms with Crippen molar-refractivity contribution < 1.29 is 0 Å². The summed E-state index contributed by atoms with van der Waals surface area (Å²) in [4.78, 5) is 0. The van der Waals surface area contributed by atoms with Crippen LogP contribution in [0.1, 0.15) is 0 Å². The first kappa shape index (κ1) is 16.0. The summed E-state index contributed by atoms with van der Waals surface area (Å²) in [6.07, 6.45) is 2.46. The Labute approximate surface area is 131 Å². The number of hydrogen-bond donors (Lipinski definition) is 0. The van der Waals surface area contributed by atoms with E-state index in [9.17, 15) is 0 Å². The van der Waals surface area contributed by atoms with Gasteiger partial charge in [-0.05, 0) is 6.04 Å². The van der Waals surface area contributed by atoms with E-state index in [-0.39, 0.29) is 0 Å². The zero-order valence-corrected chi connectivity index (χ0v) is 15.6. The lowest BCUT2D eigenvalue weighted by atomic mass is 10.4. The van der Waals surface area contributed by atoms with Crippen LogP contribution >= 0.6 is 0 Å². The molecule has 0 amide bonds. The van der Waals surface area contributed by atoms with E-state index in [0.717, 1.165) is 0 Å². The van der Waals surface area contributed by atoms with Crippen LogP contribution in [0.4, 0.5) is 0 Å². The average Bonchev–Trinajstić information content (AvgIpc) is 2.49. The fraction of sp³-hybridized carbons (Fsp3) is 0.263. The normalized spacial score (nSPS) is 12.8. The molecule has 0 radical (unpaired) electrons. The van der Waals surface area contributed by atoms with E-state index >= 15 is 0 Å². The topological polar surface area (TPSA) is 0 Å². The van der Waals surface area contributed by atoms with Gasteiger partial charge in [-0.15, -0.1) is 0 Å². The Morgan fingerprint density at radius 3 is 1.71 bits per heavy atom. The first-order valence-corrected chi connectivity index (χ1v) is 14.0.